The van der Waals surface area contributed by atoms with Crippen LogP contribution in [0.4, 0.5) is 35.1 Å². The van der Waals surface area contributed by atoms with E-state index in [9.17, 15) is 35.1 Å². The molecule has 1 heterocycles. The Hall–Kier alpha value is -1.75. The van der Waals surface area contributed by atoms with Gasteiger partial charge in [0.2, 0.25) is 0 Å². The molecular formula is C15H14F8IrN2O2. The zero-order valence-corrected chi connectivity index (χ0v) is 16.8. The molecule has 0 amide bonds. The summed E-state index contributed by atoms with van der Waals surface area (Å²) in [5.41, 5.74) is -2.06. The summed E-state index contributed by atoms with van der Waals surface area (Å²) in [6, 6.07) is 0. The van der Waals surface area contributed by atoms with Crippen molar-refractivity contribution in [2.75, 3.05) is 0 Å². The van der Waals surface area contributed by atoms with E-state index in [2.05, 4.69) is 4.98 Å². The standard InChI is InChI=1S/C10H5F8N2.C5H8O2.Ir/c1-20-3-2-19-6(20)5-4-7(11,12)9(15,16)10(17,18)8(5,13)14;1-4(6)3-5(2)7;/h2-3H,1H3;3,6H,1-2H3;/q-1;;/p+1/b;4-3-;. The maximum absolute atomic E-state index is 13.5. The number of carbonyl (C=O) groups excluding carboxylic acids is 1. The normalized spacial score (nSPS) is 21.5. The van der Waals surface area contributed by atoms with E-state index in [1.807, 2.05) is 0 Å². The van der Waals surface area contributed by atoms with Crippen molar-refractivity contribution in [2.45, 2.75) is 37.5 Å². The molecule has 1 radical (unpaired) electrons. The Morgan fingerprint density at radius 1 is 1.11 bits per heavy atom. The van der Waals surface area contributed by atoms with Gasteiger partial charge in [0.05, 0.1) is 18.8 Å². The van der Waals surface area contributed by atoms with E-state index >= 15 is 0 Å². The molecule has 13 heteroatoms. The minimum Gasteiger partial charge on any atom is -0.512 e. The Bertz CT molecular complexity index is 783. The van der Waals surface area contributed by atoms with Crippen LogP contribution in [0.5, 0.6) is 0 Å². The molecule has 1 aromatic rings. The van der Waals surface area contributed by atoms with Gasteiger partial charge in [-0.3, -0.25) is 4.79 Å². The van der Waals surface area contributed by atoms with Crippen molar-refractivity contribution < 1.29 is 65.1 Å². The average Bonchev–Trinajstić information content (AvgIpc) is 2.88. The van der Waals surface area contributed by atoms with Crippen LogP contribution in [0.15, 0.2) is 24.2 Å². The number of aliphatic hydroxyl groups is 1. The Balaban J connectivity index is 0.000000786. The van der Waals surface area contributed by atoms with E-state index in [1.165, 1.54) is 19.9 Å². The van der Waals surface area contributed by atoms with Crippen LogP contribution in [-0.2, 0) is 27.2 Å². The molecule has 0 unspecified atom stereocenters. The molecule has 0 saturated carbocycles. The van der Waals surface area contributed by atoms with Gasteiger partial charge in [-0.2, -0.15) is 32.4 Å². The third-order valence-corrected chi connectivity index (χ3v) is 3.24. The molecule has 4 nitrogen and oxygen atoms in total. The molecule has 161 valence electrons. The molecule has 1 aliphatic carbocycles. The predicted molar refractivity (Wildman–Crippen MR) is 78.6 cm³/mol. The molecule has 0 spiro atoms. The Morgan fingerprint density at radius 3 is 1.93 bits per heavy atom. The van der Waals surface area contributed by atoms with Gasteiger partial charge in [-0.1, -0.05) is 0 Å². The number of halogens is 8. The minimum atomic E-state index is -6.28. The van der Waals surface area contributed by atoms with Gasteiger partial charge >= 0.3 is 23.6 Å². The summed E-state index contributed by atoms with van der Waals surface area (Å²) < 4.78 is 106. The molecule has 1 aliphatic rings. The van der Waals surface area contributed by atoms with Gasteiger partial charge in [-0.15, -0.1) is 5.57 Å². The minimum absolute atomic E-state index is 0. The van der Waals surface area contributed by atoms with Crippen LogP contribution in [-0.4, -0.2) is 48.9 Å². The number of hydrogen-bond donors (Lipinski definition) is 1. The Labute approximate surface area is 167 Å². The summed E-state index contributed by atoms with van der Waals surface area (Å²) in [6.07, 6.45) is 3.64. The number of nitrogens with zero attached hydrogens (tertiary/aromatic N) is 2. The topological polar surface area (TPSA) is 59.4 Å². The monoisotopic (exact) mass is 599 g/mol. The van der Waals surface area contributed by atoms with E-state index in [-0.39, 0.29) is 31.6 Å². The maximum Gasteiger partial charge on any atom is 0.378 e. The summed E-state index contributed by atoms with van der Waals surface area (Å²) in [5.74, 6) is -24.4. The molecular weight excluding hydrogens is 584 g/mol. The first kappa shape index (κ1) is 26.2. The van der Waals surface area contributed by atoms with Crippen LogP contribution in [0.25, 0.3) is 5.57 Å². The second-order valence-electron chi connectivity index (χ2n) is 5.59. The summed E-state index contributed by atoms with van der Waals surface area (Å²) >= 11 is 0. The first-order chi connectivity index (χ1) is 12.0. The fraction of sp³-hybridized carbons (Fsp3) is 0.467. The first-order valence-electron chi connectivity index (χ1n) is 7.03. The molecule has 1 aromatic heterocycles. The van der Waals surface area contributed by atoms with Crippen LogP contribution in [0.2, 0.25) is 0 Å². The van der Waals surface area contributed by atoms with Gasteiger partial charge in [0, 0.05) is 32.5 Å². The number of alkyl halides is 8. The fourth-order valence-electron chi connectivity index (χ4n) is 1.97. The number of aliphatic hydroxyl groups excluding tert-OH is 1. The quantitative estimate of drug-likeness (QED) is 0.183. The largest absolute Gasteiger partial charge is 0.512 e. The molecule has 28 heavy (non-hydrogen) atoms. The van der Waals surface area contributed by atoms with Crippen LogP contribution in [0.1, 0.15) is 19.7 Å². The summed E-state index contributed by atoms with van der Waals surface area (Å²) in [7, 11) is 1.05. The van der Waals surface area contributed by atoms with Crippen LogP contribution < -0.4 is 0 Å². The number of rotatable bonds is 2. The SMILES string of the molecule is CC(=[OH+])/C=C(/C)O.Cn1ccnc1C1=[C-]C(F)(F)C(F)(F)C(F)(F)C1(F)F.[Ir]. The molecule has 2 rings (SSSR count). The van der Waals surface area contributed by atoms with Gasteiger partial charge < -0.3 is 14.7 Å². The van der Waals surface area contributed by atoms with Crippen molar-refractivity contribution >= 4 is 11.4 Å². The molecule has 0 aromatic carbocycles. The van der Waals surface area contributed by atoms with Crippen molar-refractivity contribution in [1.82, 2.24) is 9.55 Å². The van der Waals surface area contributed by atoms with Crippen molar-refractivity contribution in [3.05, 3.63) is 36.1 Å². The van der Waals surface area contributed by atoms with Gasteiger partial charge in [-0.25, -0.2) is 8.78 Å². The predicted octanol–water partition coefficient (Wildman–Crippen LogP) is 4.17. The number of imidazole rings is 1. The number of aryl methyl sites for hydroxylation is 1. The first-order valence-corrected chi connectivity index (χ1v) is 7.03. The second kappa shape index (κ2) is 8.32. The van der Waals surface area contributed by atoms with Crippen molar-refractivity contribution in [3.63, 3.8) is 0 Å². The zero-order valence-electron chi connectivity index (χ0n) is 14.4. The Morgan fingerprint density at radius 2 is 1.61 bits per heavy atom. The summed E-state index contributed by atoms with van der Waals surface area (Å²) in [4.78, 5) is 11.6. The summed E-state index contributed by atoms with van der Waals surface area (Å²) in [6.45, 7) is 3.00. The van der Waals surface area contributed by atoms with E-state index in [4.69, 9.17) is 9.90 Å². The van der Waals surface area contributed by atoms with Crippen molar-refractivity contribution in [3.8, 4) is 0 Å². The summed E-state index contributed by atoms with van der Waals surface area (Å²) in [5, 5.41) is 8.40. The van der Waals surface area contributed by atoms with Crippen LogP contribution in [0.3, 0.4) is 0 Å². The number of ketones is 1. The third-order valence-electron chi connectivity index (χ3n) is 3.24. The van der Waals surface area contributed by atoms with Gasteiger partial charge in [0.1, 0.15) is 0 Å². The molecule has 2 N–H and O–H groups in total. The van der Waals surface area contributed by atoms with E-state index in [0.717, 1.165) is 19.4 Å². The number of allylic oxidation sites excluding steroid dienone is 4. The van der Waals surface area contributed by atoms with Gasteiger partial charge in [-0.05, 0) is 19.8 Å². The molecule has 0 bridgehead atoms. The maximum atomic E-state index is 13.5. The smallest absolute Gasteiger partial charge is 0.378 e. The van der Waals surface area contributed by atoms with Crippen molar-refractivity contribution in [1.29, 1.82) is 0 Å². The van der Waals surface area contributed by atoms with Gasteiger partial charge in [0.15, 0.2) is 0 Å². The molecule has 0 aliphatic heterocycles. The second-order valence-corrected chi connectivity index (χ2v) is 5.59. The Kier molecular flexibility index (Phi) is 7.80. The fourth-order valence-corrected chi connectivity index (χ4v) is 1.97. The van der Waals surface area contributed by atoms with E-state index < -0.39 is 35.1 Å². The number of aromatic nitrogens is 2. The molecule has 0 saturated heterocycles. The van der Waals surface area contributed by atoms with Crippen LogP contribution >= 0.6 is 0 Å². The third kappa shape index (κ3) is 4.45. The number of hydrogen-bond acceptors (Lipinski definition) is 2. The zero-order chi connectivity index (χ0) is 21.4. The van der Waals surface area contributed by atoms with Gasteiger partial charge in [0.25, 0.3) is 5.92 Å². The van der Waals surface area contributed by atoms with E-state index in [0.29, 0.717) is 10.6 Å². The average molecular weight is 598 g/mol. The van der Waals surface area contributed by atoms with Crippen LogP contribution in [0, 0.1) is 6.08 Å². The van der Waals surface area contributed by atoms with E-state index in [1.54, 1.807) is 0 Å². The molecule has 0 fully saturated rings. The van der Waals surface area contributed by atoms with Crippen molar-refractivity contribution in [2.24, 2.45) is 7.05 Å². The molecule has 0 atom stereocenters.